The van der Waals surface area contributed by atoms with Gasteiger partial charge in [0, 0.05) is 25.1 Å². The van der Waals surface area contributed by atoms with Crippen LogP contribution in [0.3, 0.4) is 0 Å². The Kier molecular flexibility index (Phi) is 4.48. The monoisotopic (exact) mass is 299 g/mol. The summed E-state index contributed by atoms with van der Waals surface area (Å²) < 4.78 is 0. The molecular weight excluding hydrogens is 282 g/mol. The normalized spacial score (nSPS) is 18.9. The molecule has 1 fully saturated rings. The van der Waals surface area contributed by atoms with Gasteiger partial charge in [-0.25, -0.2) is 14.6 Å². The van der Waals surface area contributed by atoms with Crippen LogP contribution in [0.1, 0.15) is 11.6 Å². The number of aryl methyl sites for hydroxylation is 1. The van der Waals surface area contributed by atoms with Crippen LogP contribution >= 0.6 is 11.8 Å². The van der Waals surface area contributed by atoms with Crippen molar-refractivity contribution in [2.75, 3.05) is 25.1 Å². The fraction of sp³-hybridized carbons (Fsp3) is 0.636. The molecule has 1 aromatic heterocycles. The van der Waals surface area contributed by atoms with E-state index in [1.807, 2.05) is 0 Å². The number of H-pyrrole nitrogens is 1. The predicted molar refractivity (Wildman–Crippen MR) is 73.4 cm³/mol. The van der Waals surface area contributed by atoms with Crippen molar-refractivity contribution in [1.82, 2.24) is 25.0 Å². The number of aliphatic carboxylic acids is 1. The SMILES string of the molecule is Cc1nc(CN(C)C(=O)N2CCSCC2C(=O)O)n[nH]1. The van der Waals surface area contributed by atoms with E-state index in [2.05, 4.69) is 15.2 Å². The average molecular weight is 299 g/mol. The molecule has 1 aliphatic rings. The smallest absolute Gasteiger partial charge is 0.327 e. The molecule has 1 aromatic rings. The lowest BCUT2D eigenvalue weighted by Gasteiger charge is -2.35. The minimum Gasteiger partial charge on any atom is -0.480 e. The Morgan fingerprint density at radius 1 is 1.60 bits per heavy atom. The number of rotatable bonds is 3. The van der Waals surface area contributed by atoms with Gasteiger partial charge in [0.2, 0.25) is 0 Å². The Morgan fingerprint density at radius 2 is 2.35 bits per heavy atom. The first kappa shape index (κ1) is 14.6. The van der Waals surface area contributed by atoms with E-state index in [0.29, 0.717) is 23.9 Å². The second-order valence-electron chi connectivity index (χ2n) is 4.60. The zero-order valence-electron chi connectivity index (χ0n) is 11.4. The Morgan fingerprint density at radius 3 is 2.95 bits per heavy atom. The van der Waals surface area contributed by atoms with E-state index in [1.165, 1.54) is 9.80 Å². The lowest BCUT2D eigenvalue weighted by molar-refractivity contribution is -0.141. The molecule has 2 rings (SSSR count). The molecule has 0 aliphatic carbocycles. The Balaban J connectivity index is 2.02. The molecule has 20 heavy (non-hydrogen) atoms. The number of urea groups is 1. The van der Waals surface area contributed by atoms with Crippen molar-refractivity contribution in [3.63, 3.8) is 0 Å². The highest BCUT2D eigenvalue weighted by atomic mass is 32.2. The lowest BCUT2D eigenvalue weighted by Crippen LogP contribution is -2.54. The molecule has 2 heterocycles. The Labute approximate surface area is 120 Å². The Bertz CT molecular complexity index is 506. The molecule has 9 heteroatoms. The number of carbonyl (C=O) groups is 2. The quantitative estimate of drug-likeness (QED) is 0.824. The van der Waals surface area contributed by atoms with Crippen LogP contribution in [-0.4, -0.2) is 73.2 Å². The van der Waals surface area contributed by atoms with E-state index in [1.54, 1.807) is 25.7 Å². The minimum absolute atomic E-state index is 0.249. The fourth-order valence-corrected chi connectivity index (χ4v) is 3.03. The number of hydrogen-bond donors (Lipinski definition) is 2. The standard InChI is InChI=1S/C11H17N5O3S/c1-7-12-9(14-13-7)5-15(2)11(19)16-3-4-20-6-8(16)10(17)18/h8H,3-6H2,1-2H3,(H,17,18)(H,12,13,14). The molecule has 0 aromatic carbocycles. The van der Waals surface area contributed by atoms with Gasteiger partial charge in [-0.3, -0.25) is 5.10 Å². The third-order valence-corrected chi connectivity index (χ3v) is 4.03. The molecule has 8 nitrogen and oxygen atoms in total. The second-order valence-corrected chi connectivity index (χ2v) is 5.75. The minimum atomic E-state index is -0.965. The van der Waals surface area contributed by atoms with Crippen LogP contribution in [0.2, 0.25) is 0 Å². The summed E-state index contributed by atoms with van der Waals surface area (Å²) in [4.78, 5) is 30.5. The molecule has 1 aliphatic heterocycles. The third-order valence-electron chi connectivity index (χ3n) is 3.01. The summed E-state index contributed by atoms with van der Waals surface area (Å²) in [6.07, 6.45) is 0. The van der Waals surface area contributed by atoms with Crippen molar-refractivity contribution in [3.05, 3.63) is 11.6 Å². The summed E-state index contributed by atoms with van der Waals surface area (Å²) in [6.45, 7) is 2.47. The van der Waals surface area contributed by atoms with Gasteiger partial charge >= 0.3 is 12.0 Å². The molecular formula is C11H17N5O3S. The predicted octanol–water partition coefficient (Wildman–Crippen LogP) is 0.167. The van der Waals surface area contributed by atoms with Gasteiger partial charge in [-0.1, -0.05) is 0 Å². The molecule has 1 saturated heterocycles. The Hall–Kier alpha value is -1.77. The number of aromatic nitrogens is 3. The van der Waals surface area contributed by atoms with Gasteiger partial charge in [-0.15, -0.1) is 0 Å². The van der Waals surface area contributed by atoms with Crippen LogP contribution < -0.4 is 0 Å². The molecule has 2 amide bonds. The van der Waals surface area contributed by atoms with Gasteiger partial charge in [0.1, 0.15) is 11.9 Å². The summed E-state index contributed by atoms with van der Waals surface area (Å²) in [6, 6.07) is -1.07. The van der Waals surface area contributed by atoms with Crippen LogP contribution in [-0.2, 0) is 11.3 Å². The highest BCUT2D eigenvalue weighted by Crippen LogP contribution is 2.18. The number of amides is 2. The summed E-state index contributed by atoms with van der Waals surface area (Å²) in [5.74, 6) is 1.40. The molecule has 0 radical (unpaired) electrons. The van der Waals surface area contributed by atoms with Gasteiger partial charge in [0.15, 0.2) is 5.82 Å². The average Bonchev–Trinajstić information content (AvgIpc) is 2.83. The van der Waals surface area contributed by atoms with E-state index < -0.39 is 12.0 Å². The molecule has 0 bridgehead atoms. The number of aromatic amines is 1. The molecule has 2 N–H and O–H groups in total. The lowest BCUT2D eigenvalue weighted by atomic mass is 10.3. The summed E-state index contributed by atoms with van der Waals surface area (Å²) in [5.41, 5.74) is 0. The maximum atomic E-state index is 12.3. The summed E-state index contributed by atoms with van der Waals surface area (Å²) in [5, 5.41) is 15.9. The molecule has 1 unspecified atom stereocenters. The van der Waals surface area contributed by atoms with Gasteiger partial charge in [-0.05, 0) is 6.92 Å². The first-order valence-electron chi connectivity index (χ1n) is 6.19. The van der Waals surface area contributed by atoms with Crippen LogP contribution in [0.5, 0.6) is 0 Å². The van der Waals surface area contributed by atoms with Crippen LogP contribution in [0.4, 0.5) is 4.79 Å². The fourth-order valence-electron chi connectivity index (χ4n) is 2.00. The maximum absolute atomic E-state index is 12.3. The zero-order valence-corrected chi connectivity index (χ0v) is 12.2. The van der Waals surface area contributed by atoms with E-state index in [9.17, 15) is 14.7 Å². The van der Waals surface area contributed by atoms with Gasteiger partial charge in [0.25, 0.3) is 0 Å². The first-order chi connectivity index (χ1) is 9.49. The molecule has 0 saturated carbocycles. The van der Waals surface area contributed by atoms with Gasteiger partial charge in [0.05, 0.1) is 6.54 Å². The van der Waals surface area contributed by atoms with Crippen molar-refractivity contribution in [2.24, 2.45) is 0 Å². The van der Waals surface area contributed by atoms with Crippen molar-refractivity contribution in [1.29, 1.82) is 0 Å². The third kappa shape index (κ3) is 3.21. The zero-order chi connectivity index (χ0) is 14.7. The topological polar surface area (TPSA) is 102 Å². The molecule has 1 atom stereocenters. The van der Waals surface area contributed by atoms with Crippen LogP contribution in [0.25, 0.3) is 0 Å². The number of carboxylic acid groups (broad SMARTS) is 1. The molecule has 0 spiro atoms. The highest BCUT2D eigenvalue weighted by molar-refractivity contribution is 7.99. The van der Waals surface area contributed by atoms with E-state index >= 15 is 0 Å². The van der Waals surface area contributed by atoms with Crippen LogP contribution in [0.15, 0.2) is 0 Å². The van der Waals surface area contributed by atoms with E-state index in [4.69, 9.17) is 0 Å². The van der Waals surface area contributed by atoms with Gasteiger partial charge in [-0.2, -0.15) is 16.9 Å². The number of carbonyl (C=O) groups excluding carboxylic acids is 1. The number of nitrogens with zero attached hydrogens (tertiary/aromatic N) is 4. The number of thioether (sulfide) groups is 1. The van der Waals surface area contributed by atoms with Crippen molar-refractivity contribution in [3.8, 4) is 0 Å². The van der Waals surface area contributed by atoms with E-state index in [0.717, 1.165) is 5.75 Å². The first-order valence-corrected chi connectivity index (χ1v) is 7.34. The largest absolute Gasteiger partial charge is 0.480 e. The van der Waals surface area contributed by atoms with Crippen molar-refractivity contribution < 1.29 is 14.7 Å². The van der Waals surface area contributed by atoms with Crippen molar-refractivity contribution >= 4 is 23.8 Å². The number of nitrogens with one attached hydrogen (secondary N) is 1. The number of carboxylic acids is 1. The summed E-state index contributed by atoms with van der Waals surface area (Å²) in [7, 11) is 1.62. The van der Waals surface area contributed by atoms with Crippen molar-refractivity contribution in [2.45, 2.75) is 19.5 Å². The maximum Gasteiger partial charge on any atom is 0.327 e. The second kappa shape index (κ2) is 6.12. The molecule has 110 valence electrons. The highest BCUT2D eigenvalue weighted by Gasteiger charge is 2.34. The van der Waals surface area contributed by atoms with Crippen LogP contribution in [0, 0.1) is 6.92 Å². The van der Waals surface area contributed by atoms with Gasteiger partial charge < -0.3 is 14.9 Å². The number of hydrogen-bond acceptors (Lipinski definition) is 5. The van der Waals surface area contributed by atoms with E-state index in [-0.39, 0.29) is 12.6 Å². The summed E-state index contributed by atoms with van der Waals surface area (Å²) >= 11 is 1.55.